The van der Waals surface area contributed by atoms with Gasteiger partial charge < -0.3 is 14.2 Å². The molecule has 0 spiro atoms. The highest BCUT2D eigenvalue weighted by molar-refractivity contribution is 6.09. The molecule has 13 heteroatoms. The van der Waals surface area contributed by atoms with E-state index in [4.69, 9.17) is 4.74 Å². The number of hydrogen-bond acceptors (Lipinski definition) is 7. The average molecular weight is 556 g/mol. The van der Waals surface area contributed by atoms with Gasteiger partial charge in [0, 0.05) is 51.1 Å². The Hall–Kier alpha value is -3.84. The SMILES string of the molecule is CN1CCN(Cc2cc(N3Cc4ccc(C5(Cc6nncn6C)COC5)cc4C3=O)nc(C(F)(F)F)c2)CC1=O. The number of aryl methyl sites for hydroxylation is 1. The lowest BCUT2D eigenvalue weighted by atomic mass is 9.75. The summed E-state index contributed by atoms with van der Waals surface area (Å²) < 4.78 is 48.9. The molecule has 0 saturated carbocycles. The Morgan fingerprint density at radius 3 is 2.50 bits per heavy atom. The van der Waals surface area contributed by atoms with Gasteiger partial charge in [0.1, 0.15) is 23.7 Å². The molecule has 210 valence electrons. The molecule has 0 unspecified atom stereocenters. The number of pyridine rings is 1. The molecule has 1 aromatic carbocycles. The number of likely N-dealkylation sites (N-methyl/N-ethyl adjacent to an activating group) is 1. The summed E-state index contributed by atoms with van der Waals surface area (Å²) in [5.41, 5.74) is 0.964. The molecule has 6 rings (SSSR count). The molecule has 10 nitrogen and oxygen atoms in total. The minimum Gasteiger partial charge on any atom is -0.379 e. The van der Waals surface area contributed by atoms with Crippen LogP contribution in [-0.4, -0.2) is 81.3 Å². The van der Waals surface area contributed by atoms with Crippen LogP contribution in [0.15, 0.2) is 36.7 Å². The predicted molar refractivity (Wildman–Crippen MR) is 136 cm³/mol. The number of carbonyl (C=O) groups is 2. The summed E-state index contributed by atoms with van der Waals surface area (Å²) in [6.07, 6.45) is -2.49. The van der Waals surface area contributed by atoms with Crippen LogP contribution in [0.5, 0.6) is 0 Å². The zero-order valence-corrected chi connectivity index (χ0v) is 22.1. The average Bonchev–Trinajstić information content (AvgIpc) is 3.45. The maximum absolute atomic E-state index is 13.8. The van der Waals surface area contributed by atoms with Crippen LogP contribution in [0.3, 0.4) is 0 Å². The van der Waals surface area contributed by atoms with Crippen molar-refractivity contribution in [3.05, 3.63) is 70.4 Å². The third kappa shape index (κ3) is 4.73. The second kappa shape index (κ2) is 9.66. The minimum absolute atomic E-state index is 0.0613. The van der Waals surface area contributed by atoms with E-state index >= 15 is 0 Å². The number of carbonyl (C=O) groups excluding carboxylic acids is 2. The highest BCUT2D eigenvalue weighted by Crippen LogP contribution is 2.39. The van der Waals surface area contributed by atoms with Gasteiger partial charge in [0.05, 0.1) is 26.3 Å². The standard InChI is InChI=1S/C27H28F3N7O3/c1-34-5-6-36(13-24(34)38)11-17-7-21(27(28,29)30)32-22(8-17)37-12-18-3-4-19(9-20(18)25(37)39)26(14-40-15-26)10-23-33-31-16-35(23)2/h3-4,7-9,16H,5-6,10-15H2,1-2H3. The molecule has 2 saturated heterocycles. The lowest BCUT2D eigenvalue weighted by Gasteiger charge is -2.41. The van der Waals surface area contributed by atoms with Gasteiger partial charge in [0.15, 0.2) is 0 Å². The van der Waals surface area contributed by atoms with E-state index in [-0.39, 0.29) is 36.8 Å². The van der Waals surface area contributed by atoms with Gasteiger partial charge in [-0.25, -0.2) is 4.98 Å². The van der Waals surface area contributed by atoms with Crippen LogP contribution in [0, 0.1) is 0 Å². The van der Waals surface area contributed by atoms with Crippen molar-refractivity contribution in [2.24, 2.45) is 7.05 Å². The lowest BCUT2D eigenvalue weighted by Crippen LogP contribution is -2.49. The summed E-state index contributed by atoms with van der Waals surface area (Å²) in [5.74, 6) is 0.234. The molecule has 0 N–H and O–H groups in total. The Morgan fingerprint density at radius 2 is 1.85 bits per heavy atom. The van der Waals surface area contributed by atoms with E-state index in [0.29, 0.717) is 49.4 Å². The van der Waals surface area contributed by atoms with Crippen LogP contribution in [0.25, 0.3) is 0 Å². The number of aromatic nitrogens is 4. The third-order valence-corrected chi connectivity index (χ3v) is 7.97. The zero-order chi connectivity index (χ0) is 28.2. The zero-order valence-electron chi connectivity index (χ0n) is 22.1. The number of fused-ring (bicyclic) bond motifs is 1. The number of ether oxygens (including phenoxy) is 1. The Bertz CT molecular complexity index is 1480. The van der Waals surface area contributed by atoms with E-state index in [2.05, 4.69) is 15.2 Å². The molecule has 2 fully saturated rings. The Labute approximate surface area is 228 Å². The predicted octanol–water partition coefficient (Wildman–Crippen LogP) is 2.17. The van der Waals surface area contributed by atoms with Gasteiger partial charge in [0.2, 0.25) is 5.91 Å². The second-order valence-electron chi connectivity index (χ2n) is 10.8. The Kier molecular flexibility index (Phi) is 6.37. The van der Waals surface area contributed by atoms with E-state index in [1.807, 2.05) is 29.8 Å². The van der Waals surface area contributed by atoms with Gasteiger partial charge in [-0.05, 0) is 34.9 Å². The normalized spacial score (nSPS) is 19.2. The molecule has 5 heterocycles. The van der Waals surface area contributed by atoms with E-state index in [1.165, 1.54) is 11.0 Å². The topological polar surface area (TPSA) is 96.7 Å². The monoisotopic (exact) mass is 555 g/mol. The molecule has 3 aromatic rings. The first kappa shape index (κ1) is 26.4. The van der Waals surface area contributed by atoms with Gasteiger partial charge in [0.25, 0.3) is 5.91 Å². The number of alkyl halides is 3. The quantitative estimate of drug-likeness (QED) is 0.460. The van der Waals surface area contributed by atoms with Gasteiger partial charge in [-0.1, -0.05) is 12.1 Å². The number of piperazine rings is 1. The van der Waals surface area contributed by atoms with Gasteiger partial charge in [-0.3, -0.25) is 19.4 Å². The number of benzene rings is 1. The first-order valence-corrected chi connectivity index (χ1v) is 12.9. The lowest BCUT2D eigenvalue weighted by molar-refractivity contribution is -0.141. The Morgan fingerprint density at radius 1 is 1.05 bits per heavy atom. The summed E-state index contributed by atoms with van der Waals surface area (Å²) in [5, 5.41) is 8.14. The van der Waals surface area contributed by atoms with Crippen LogP contribution in [-0.2, 0) is 47.7 Å². The number of amides is 2. The number of rotatable bonds is 6. The smallest absolute Gasteiger partial charge is 0.379 e. The van der Waals surface area contributed by atoms with Crippen molar-refractivity contribution in [2.45, 2.75) is 31.1 Å². The maximum Gasteiger partial charge on any atom is 0.433 e. The summed E-state index contributed by atoms with van der Waals surface area (Å²) in [4.78, 5) is 34.2. The third-order valence-electron chi connectivity index (χ3n) is 7.97. The largest absolute Gasteiger partial charge is 0.433 e. The molecule has 3 aliphatic rings. The summed E-state index contributed by atoms with van der Waals surface area (Å²) in [6, 6.07) is 8.12. The Balaban J connectivity index is 1.29. The van der Waals surface area contributed by atoms with Crippen LogP contribution in [0.2, 0.25) is 0 Å². The van der Waals surface area contributed by atoms with E-state index < -0.39 is 17.8 Å². The molecular weight excluding hydrogens is 527 g/mol. The minimum atomic E-state index is -4.69. The van der Waals surface area contributed by atoms with E-state index in [1.54, 1.807) is 23.2 Å². The van der Waals surface area contributed by atoms with Crippen LogP contribution < -0.4 is 4.90 Å². The van der Waals surface area contributed by atoms with Crippen LogP contribution >= 0.6 is 0 Å². The molecule has 2 amide bonds. The van der Waals surface area contributed by atoms with Gasteiger partial charge in [-0.2, -0.15) is 13.2 Å². The number of anilines is 1. The fourth-order valence-electron chi connectivity index (χ4n) is 5.45. The second-order valence-corrected chi connectivity index (χ2v) is 10.8. The fraction of sp³-hybridized carbons (Fsp3) is 0.444. The molecule has 2 aromatic heterocycles. The van der Waals surface area contributed by atoms with Crippen molar-refractivity contribution >= 4 is 17.6 Å². The van der Waals surface area contributed by atoms with E-state index in [9.17, 15) is 22.8 Å². The van der Waals surface area contributed by atoms with Gasteiger partial charge >= 0.3 is 6.18 Å². The first-order valence-electron chi connectivity index (χ1n) is 12.9. The first-order chi connectivity index (χ1) is 19.0. The van der Waals surface area contributed by atoms with Gasteiger partial charge in [-0.15, -0.1) is 10.2 Å². The van der Waals surface area contributed by atoms with Crippen molar-refractivity contribution in [1.29, 1.82) is 0 Å². The fourth-order valence-corrected chi connectivity index (χ4v) is 5.45. The molecule has 3 aliphatic heterocycles. The maximum atomic E-state index is 13.8. The van der Waals surface area contributed by atoms with Crippen LogP contribution in [0.1, 0.15) is 38.6 Å². The summed E-state index contributed by atoms with van der Waals surface area (Å²) in [6.45, 7) is 2.33. The van der Waals surface area contributed by atoms with Crippen molar-refractivity contribution in [3.63, 3.8) is 0 Å². The van der Waals surface area contributed by atoms with Crippen molar-refractivity contribution in [3.8, 4) is 0 Å². The number of halogens is 3. The molecule has 0 aliphatic carbocycles. The van der Waals surface area contributed by atoms with Crippen molar-refractivity contribution in [1.82, 2.24) is 29.5 Å². The van der Waals surface area contributed by atoms with E-state index in [0.717, 1.165) is 17.5 Å². The number of hydrogen-bond donors (Lipinski definition) is 0. The molecule has 0 bridgehead atoms. The molecule has 0 atom stereocenters. The van der Waals surface area contributed by atoms with Crippen LogP contribution in [0.4, 0.5) is 19.0 Å². The summed E-state index contributed by atoms with van der Waals surface area (Å²) >= 11 is 0. The van der Waals surface area contributed by atoms with Crippen molar-refractivity contribution in [2.75, 3.05) is 44.8 Å². The van der Waals surface area contributed by atoms with Crippen molar-refractivity contribution < 1.29 is 27.5 Å². The molecule has 0 radical (unpaired) electrons. The highest BCUT2D eigenvalue weighted by Gasteiger charge is 2.43. The summed E-state index contributed by atoms with van der Waals surface area (Å²) in [7, 11) is 3.56. The molecular formula is C27H28F3N7O3. The molecule has 40 heavy (non-hydrogen) atoms. The number of nitrogens with zero attached hydrogens (tertiary/aromatic N) is 7. The highest BCUT2D eigenvalue weighted by atomic mass is 19.4.